The van der Waals surface area contributed by atoms with Crippen LogP contribution in [0, 0.1) is 0 Å². The highest BCUT2D eigenvalue weighted by Gasteiger charge is 2.44. The van der Waals surface area contributed by atoms with E-state index in [0.29, 0.717) is 22.8 Å². The minimum atomic E-state index is -1.44. The smallest absolute Gasteiger partial charge is 0.119 e. The van der Waals surface area contributed by atoms with Gasteiger partial charge in [0.2, 0.25) is 0 Å². The molecule has 2 aromatic carbocycles. The van der Waals surface area contributed by atoms with E-state index < -0.39 is 43.2 Å². The van der Waals surface area contributed by atoms with Gasteiger partial charge in [0.15, 0.2) is 0 Å². The molecule has 1 aliphatic heterocycles. The highest BCUT2D eigenvalue weighted by molar-refractivity contribution is 6.31. The average Bonchev–Trinajstić information content (AvgIpc) is 2.73. The summed E-state index contributed by atoms with van der Waals surface area (Å²) in [5.74, 6) is 0.654. The van der Waals surface area contributed by atoms with Crippen LogP contribution in [-0.2, 0) is 11.2 Å². The quantitative estimate of drug-likeness (QED) is 0.440. The maximum atomic E-state index is 10.4. The van der Waals surface area contributed by atoms with Crippen LogP contribution in [0.1, 0.15) is 29.7 Å². The van der Waals surface area contributed by atoms with Crippen LogP contribution >= 0.6 is 11.6 Å². The van der Waals surface area contributed by atoms with Crippen molar-refractivity contribution in [1.29, 1.82) is 0 Å². The fourth-order valence-electron chi connectivity index (χ4n) is 3.42. The van der Waals surface area contributed by atoms with Crippen molar-refractivity contribution >= 4 is 11.6 Å². The molecule has 0 bridgehead atoms. The summed E-state index contributed by atoms with van der Waals surface area (Å²) in [6.07, 6.45) is -6.09. The van der Waals surface area contributed by atoms with E-state index in [4.69, 9.17) is 21.1 Å². The normalized spacial score (nSPS) is 27.6. The van der Waals surface area contributed by atoms with E-state index in [1.807, 2.05) is 24.3 Å². The number of benzene rings is 2. The van der Waals surface area contributed by atoms with E-state index in [2.05, 4.69) is 0 Å². The molecule has 0 radical (unpaired) electrons. The molecule has 1 aliphatic rings. The molecule has 0 unspecified atom stereocenters. The maximum Gasteiger partial charge on any atom is 0.119 e. The summed E-state index contributed by atoms with van der Waals surface area (Å²) in [7, 11) is 0. The Bertz CT molecular complexity index is 825. The Morgan fingerprint density at radius 3 is 2.37 bits per heavy atom. The third-order valence-electron chi connectivity index (χ3n) is 5.10. The van der Waals surface area contributed by atoms with Crippen LogP contribution < -0.4 is 4.74 Å². The molecular weight excluding hydrogens is 412 g/mol. The first-order chi connectivity index (χ1) is 14.3. The summed E-state index contributed by atoms with van der Waals surface area (Å²) in [6, 6.07) is 12.6. The topological polar surface area (TPSA) is 120 Å². The molecule has 0 aromatic heterocycles. The highest BCUT2D eigenvalue weighted by atomic mass is 35.5. The van der Waals surface area contributed by atoms with Gasteiger partial charge in [-0.25, -0.2) is 0 Å². The molecule has 0 amide bonds. The number of rotatable bonds is 7. The molecule has 1 saturated heterocycles. The van der Waals surface area contributed by atoms with E-state index in [-0.39, 0.29) is 6.61 Å². The monoisotopic (exact) mass is 438 g/mol. The van der Waals surface area contributed by atoms with E-state index in [1.165, 1.54) is 0 Å². The molecule has 1 fully saturated rings. The number of aliphatic hydroxyl groups is 5. The lowest BCUT2D eigenvalue weighted by atomic mass is 9.90. The Morgan fingerprint density at radius 1 is 1.03 bits per heavy atom. The lowest BCUT2D eigenvalue weighted by Gasteiger charge is -2.40. The molecule has 5 N–H and O–H groups in total. The van der Waals surface area contributed by atoms with Crippen LogP contribution in [0.5, 0.6) is 5.75 Å². The summed E-state index contributed by atoms with van der Waals surface area (Å²) in [4.78, 5) is 0. The first kappa shape index (κ1) is 23.0. The van der Waals surface area contributed by atoms with Gasteiger partial charge in [-0.1, -0.05) is 35.9 Å². The molecule has 1 heterocycles. The number of halogens is 1. The SMILES string of the molecule is C[C@H](O)COc1ccc(Cc2cc([C@@H]3O[C@H](CO)[C@@H](O)[C@H](O)[C@H]3O)ccc2Cl)cc1. The molecule has 7 nitrogen and oxygen atoms in total. The zero-order chi connectivity index (χ0) is 21.8. The standard InChI is InChI=1S/C22H27ClO7/c1-12(25)11-29-16-5-2-13(3-6-16)8-15-9-14(4-7-17(15)23)22-21(28)20(27)19(26)18(10-24)30-22/h2-7,9,12,18-22,24-28H,8,10-11H2,1H3/t12-,18+,19+,20-,21+,22-/m0/s1. The predicted molar refractivity (Wildman–Crippen MR) is 111 cm³/mol. The van der Waals surface area contributed by atoms with Gasteiger partial charge >= 0.3 is 0 Å². The third kappa shape index (κ3) is 5.31. The summed E-state index contributed by atoms with van der Waals surface area (Å²) in [5.41, 5.74) is 2.36. The number of hydrogen-bond acceptors (Lipinski definition) is 7. The Labute approximate surface area is 180 Å². The van der Waals surface area contributed by atoms with E-state index >= 15 is 0 Å². The molecule has 0 spiro atoms. The second-order valence-corrected chi connectivity index (χ2v) is 7.99. The Morgan fingerprint density at radius 2 is 1.73 bits per heavy atom. The molecule has 0 saturated carbocycles. The zero-order valence-electron chi connectivity index (χ0n) is 16.6. The predicted octanol–water partition coefficient (Wildman–Crippen LogP) is 1.21. The van der Waals surface area contributed by atoms with Gasteiger partial charge in [0.25, 0.3) is 0 Å². The fraction of sp³-hybridized carbons (Fsp3) is 0.455. The second kappa shape index (κ2) is 10.1. The van der Waals surface area contributed by atoms with Crippen LogP contribution in [0.4, 0.5) is 0 Å². The molecule has 164 valence electrons. The minimum absolute atomic E-state index is 0.215. The maximum absolute atomic E-state index is 10.4. The van der Waals surface area contributed by atoms with Crippen molar-refractivity contribution in [2.24, 2.45) is 0 Å². The van der Waals surface area contributed by atoms with Crippen molar-refractivity contribution in [1.82, 2.24) is 0 Å². The van der Waals surface area contributed by atoms with Crippen molar-refractivity contribution in [3.05, 3.63) is 64.2 Å². The van der Waals surface area contributed by atoms with Crippen molar-refractivity contribution in [2.45, 2.75) is 50.0 Å². The highest BCUT2D eigenvalue weighted by Crippen LogP contribution is 2.34. The van der Waals surface area contributed by atoms with Gasteiger partial charge in [0.05, 0.1) is 12.7 Å². The van der Waals surface area contributed by atoms with Gasteiger partial charge in [0, 0.05) is 5.02 Å². The minimum Gasteiger partial charge on any atom is -0.491 e. The second-order valence-electron chi connectivity index (χ2n) is 7.58. The van der Waals surface area contributed by atoms with Crippen molar-refractivity contribution in [3.8, 4) is 5.75 Å². The van der Waals surface area contributed by atoms with Gasteiger partial charge in [-0.15, -0.1) is 0 Å². The molecule has 3 rings (SSSR count). The molecule has 30 heavy (non-hydrogen) atoms. The Balaban J connectivity index is 1.77. The number of hydrogen-bond donors (Lipinski definition) is 5. The summed E-state index contributed by atoms with van der Waals surface area (Å²) >= 11 is 6.36. The average molecular weight is 439 g/mol. The molecule has 2 aromatic rings. The number of aliphatic hydroxyl groups excluding tert-OH is 5. The molecule has 6 atom stereocenters. The van der Waals surface area contributed by atoms with Gasteiger partial charge in [-0.3, -0.25) is 0 Å². The first-order valence-corrected chi connectivity index (χ1v) is 10.2. The van der Waals surface area contributed by atoms with Crippen molar-refractivity contribution < 1.29 is 35.0 Å². The van der Waals surface area contributed by atoms with Crippen molar-refractivity contribution in [2.75, 3.05) is 13.2 Å². The van der Waals surface area contributed by atoms with Crippen LogP contribution in [0.25, 0.3) is 0 Å². The van der Waals surface area contributed by atoms with Gasteiger partial charge < -0.3 is 35.0 Å². The summed E-state index contributed by atoms with van der Waals surface area (Å²) in [6.45, 7) is 1.39. The summed E-state index contributed by atoms with van der Waals surface area (Å²) in [5, 5.41) is 49.6. The molecular formula is C22H27ClO7. The van der Waals surface area contributed by atoms with Crippen LogP contribution in [-0.4, -0.2) is 69.3 Å². The fourth-order valence-corrected chi connectivity index (χ4v) is 3.61. The van der Waals surface area contributed by atoms with Crippen LogP contribution in [0.2, 0.25) is 5.02 Å². The molecule has 0 aliphatic carbocycles. The van der Waals surface area contributed by atoms with E-state index in [0.717, 1.165) is 11.1 Å². The van der Waals surface area contributed by atoms with Gasteiger partial charge in [0.1, 0.15) is 42.9 Å². The molecule has 8 heteroatoms. The largest absolute Gasteiger partial charge is 0.491 e. The van der Waals surface area contributed by atoms with Crippen molar-refractivity contribution in [3.63, 3.8) is 0 Å². The van der Waals surface area contributed by atoms with Gasteiger partial charge in [-0.2, -0.15) is 0 Å². The first-order valence-electron chi connectivity index (χ1n) is 9.78. The van der Waals surface area contributed by atoms with Gasteiger partial charge in [-0.05, 0) is 48.2 Å². The number of ether oxygens (including phenoxy) is 2. The Kier molecular flexibility index (Phi) is 7.70. The third-order valence-corrected chi connectivity index (χ3v) is 5.47. The zero-order valence-corrected chi connectivity index (χ0v) is 17.3. The lowest BCUT2D eigenvalue weighted by Crippen LogP contribution is -2.55. The van der Waals surface area contributed by atoms with E-state index in [9.17, 15) is 25.5 Å². The van der Waals surface area contributed by atoms with Crippen LogP contribution in [0.15, 0.2) is 42.5 Å². The summed E-state index contributed by atoms with van der Waals surface area (Å²) < 4.78 is 11.1. The Hall–Kier alpha value is -1.71. The van der Waals surface area contributed by atoms with E-state index in [1.54, 1.807) is 25.1 Å². The van der Waals surface area contributed by atoms with Crippen LogP contribution in [0.3, 0.4) is 0 Å². The lowest BCUT2D eigenvalue weighted by molar-refractivity contribution is -0.231.